The molecule has 0 amide bonds. The van der Waals surface area contributed by atoms with Crippen molar-refractivity contribution < 1.29 is 4.92 Å². The van der Waals surface area contributed by atoms with Crippen LogP contribution in [0.3, 0.4) is 0 Å². The van der Waals surface area contributed by atoms with Crippen molar-refractivity contribution in [3.8, 4) is 0 Å². The van der Waals surface area contributed by atoms with E-state index in [1.54, 1.807) is 6.07 Å². The Hall–Kier alpha value is -0.940. The largest absolute Gasteiger partial charge is 0.327 e. The van der Waals surface area contributed by atoms with Crippen LogP contribution < -0.4 is 5.73 Å². The molecular weight excluding hydrogens is 284 g/mol. The Morgan fingerprint density at radius 2 is 2.18 bits per heavy atom. The van der Waals surface area contributed by atoms with Gasteiger partial charge in [0.1, 0.15) is 0 Å². The Balaban J connectivity index is 2.92. The molecule has 0 aliphatic carbocycles. The third-order valence-electron chi connectivity index (χ3n) is 3.00. The summed E-state index contributed by atoms with van der Waals surface area (Å²) < 4.78 is 0.570. The fourth-order valence-electron chi connectivity index (χ4n) is 1.77. The van der Waals surface area contributed by atoms with E-state index >= 15 is 0 Å². The minimum atomic E-state index is -0.377. The van der Waals surface area contributed by atoms with Crippen molar-refractivity contribution in [3.63, 3.8) is 0 Å². The molecule has 0 bridgehead atoms. The predicted octanol–water partition coefficient (Wildman–Crippen LogP) is 3.27. The lowest BCUT2D eigenvalue weighted by molar-refractivity contribution is -0.385. The van der Waals surface area contributed by atoms with Gasteiger partial charge >= 0.3 is 0 Å². The fourth-order valence-corrected chi connectivity index (χ4v) is 2.34. The fraction of sp³-hybridized carbons (Fsp3) is 0.500. The summed E-state index contributed by atoms with van der Waals surface area (Å²) in [5, 5.41) is 10.8. The van der Waals surface area contributed by atoms with Crippen molar-refractivity contribution in [2.45, 2.75) is 32.7 Å². The average molecular weight is 301 g/mol. The first-order chi connectivity index (χ1) is 7.97. The van der Waals surface area contributed by atoms with Crippen LogP contribution in [0.15, 0.2) is 22.7 Å². The second-order valence-corrected chi connectivity index (χ2v) is 5.05. The number of rotatable bonds is 5. The van der Waals surface area contributed by atoms with Crippen LogP contribution in [-0.2, 0) is 6.42 Å². The van der Waals surface area contributed by atoms with E-state index in [-0.39, 0.29) is 16.7 Å². The Bertz CT molecular complexity index is 409. The Morgan fingerprint density at radius 3 is 2.71 bits per heavy atom. The van der Waals surface area contributed by atoms with Crippen molar-refractivity contribution in [3.05, 3.63) is 38.3 Å². The molecule has 2 unspecified atom stereocenters. The molecule has 0 aliphatic heterocycles. The summed E-state index contributed by atoms with van der Waals surface area (Å²) in [6.07, 6.45) is 1.66. The maximum absolute atomic E-state index is 10.8. The van der Waals surface area contributed by atoms with Crippen LogP contribution in [0.2, 0.25) is 0 Å². The molecule has 2 atom stereocenters. The average Bonchev–Trinajstić information content (AvgIpc) is 2.30. The number of halogens is 1. The van der Waals surface area contributed by atoms with Crippen molar-refractivity contribution >= 4 is 21.6 Å². The van der Waals surface area contributed by atoms with Crippen molar-refractivity contribution in [1.82, 2.24) is 0 Å². The quantitative estimate of drug-likeness (QED) is 0.670. The summed E-state index contributed by atoms with van der Waals surface area (Å²) >= 11 is 3.30. The first-order valence-electron chi connectivity index (χ1n) is 5.64. The van der Waals surface area contributed by atoms with Crippen LogP contribution >= 0.6 is 15.9 Å². The van der Waals surface area contributed by atoms with Crippen molar-refractivity contribution in [1.29, 1.82) is 0 Å². The summed E-state index contributed by atoms with van der Waals surface area (Å²) in [4.78, 5) is 10.4. The molecule has 1 rings (SSSR count). The van der Waals surface area contributed by atoms with Gasteiger partial charge in [0.15, 0.2) is 0 Å². The van der Waals surface area contributed by atoms with Gasteiger partial charge in [-0.2, -0.15) is 0 Å². The van der Waals surface area contributed by atoms with Crippen molar-refractivity contribution in [2.24, 2.45) is 11.7 Å². The number of nitrogens with two attached hydrogens (primary N) is 1. The van der Waals surface area contributed by atoms with Gasteiger partial charge in [0.25, 0.3) is 5.69 Å². The van der Waals surface area contributed by atoms with E-state index in [9.17, 15) is 10.1 Å². The first-order valence-corrected chi connectivity index (χ1v) is 6.44. The Labute approximate surface area is 109 Å². The third-order valence-corrected chi connectivity index (χ3v) is 3.91. The molecule has 0 saturated carbocycles. The smallest absolute Gasteiger partial charge is 0.283 e. The van der Waals surface area contributed by atoms with E-state index < -0.39 is 0 Å². The molecule has 1 aromatic rings. The molecule has 2 N–H and O–H groups in total. The second-order valence-electron chi connectivity index (χ2n) is 4.26. The zero-order chi connectivity index (χ0) is 13.0. The molecule has 1 aromatic carbocycles. The molecule has 5 heteroatoms. The molecular formula is C12H17BrN2O2. The van der Waals surface area contributed by atoms with Crippen LogP contribution in [0.1, 0.15) is 25.8 Å². The molecule has 0 heterocycles. The standard InChI is InChI=1S/C12H17BrN2O2/c1-3-10(14)8(2)7-9-5-4-6-11(12(9)13)15(16)17/h4-6,8,10H,3,7,14H2,1-2H3. The molecule has 0 radical (unpaired) electrons. The van der Waals surface area contributed by atoms with E-state index in [0.29, 0.717) is 10.4 Å². The summed E-state index contributed by atoms with van der Waals surface area (Å²) in [7, 11) is 0. The van der Waals surface area contributed by atoms with Gasteiger partial charge in [-0.15, -0.1) is 0 Å². The van der Waals surface area contributed by atoms with Gasteiger partial charge in [0.2, 0.25) is 0 Å². The van der Waals surface area contributed by atoms with Gasteiger partial charge in [-0.3, -0.25) is 10.1 Å². The van der Waals surface area contributed by atoms with E-state index in [1.807, 2.05) is 13.0 Å². The van der Waals surface area contributed by atoms with Gasteiger partial charge < -0.3 is 5.73 Å². The molecule has 94 valence electrons. The van der Waals surface area contributed by atoms with Crippen LogP contribution in [-0.4, -0.2) is 11.0 Å². The second kappa shape index (κ2) is 6.12. The number of benzene rings is 1. The minimum Gasteiger partial charge on any atom is -0.327 e. The number of hydrogen-bond acceptors (Lipinski definition) is 3. The summed E-state index contributed by atoms with van der Waals surface area (Å²) in [6, 6.07) is 5.23. The van der Waals surface area contributed by atoms with Crippen LogP contribution in [0, 0.1) is 16.0 Å². The number of nitro benzene ring substituents is 1. The van der Waals surface area contributed by atoms with Gasteiger partial charge in [-0.05, 0) is 40.3 Å². The van der Waals surface area contributed by atoms with Crippen molar-refractivity contribution in [2.75, 3.05) is 0 Å². The molecule has 4 nitrogen and oxygen atoms in total. The SMILES string of the molecule is CCC(N)C(C)Cc1cccc([N+](=O)[O-])c1Br. The Morgan fingerprint density at radius 1 is 1.53 bits per heavy atom. The monoisotopic (exact) mass is 300 g/mol. The normalized spacial score (nSPS) is 14.4. The highest BCUT2D eigenvalue weighted by molar-refractivity contribution is 9.10. The molecule has 0 aliphatic rings. The lowest BCUT2D eigenvalue weighted by Gasteiger charge is -2.18. The molecule has 0 fully saturated rings. The highest BCUT2D eigenvalue weighted by atomic mass is 79.9. The maximum Gasteiger partial charge on any atom is 0.283 e. The van der Waals surface area contributed by atoms with Crippen LogP contribution in [0.4, 0.5) is 5.69 Å². The number of hydrogen-bond donors (Lipinski definition) is 1. The van der Waals surface area contributed by atoms with Crippen LogP contribution in [0.25, 0.3) is 0 Å². The van der Waals surface area contributed by atoms with Crippen LogP contribution in [0.5, 0.6) is 0 Å². The maximum atomic E-state index is 10.8. The molecule has 0 saturated heterocycles. The van der Waals surface area contributed by atoms with E-state index in [1.165, 1.54) is 6.07 Å². The molecule has 0 aromatic heterocycles. The van der Waals surface area contributed by atoms with E-state index in [4.69, 9.17) is 5.73 Å². The van der Waals surface area contributed by atoms with Gasteiger partial charge in [-0.1, -0.05) is 26.0 Å². The topological polar surface area (TPSA) is 69.2 Å². The first kappa shape index (κ1) is 14.1. The number of nitrogens with zero attached hydrogens (tertiary/aromatic N) is 1. The summed E-state index contributed by atoms with van der Waals surface area (Å²) in [6.45, 7) is 4.11. The van der Waals surface area contributed by atoms with Gasteiger partial charge in [-0.25, -0.2) is 0 Å². The highest BCUT2D eigenvalue weighted by Gasteiger charge is 2.18. The lowest BCUT2D eigenvalue weighted by Crippen LogP contribution is -2.28. The summed E-state index contributed by atoms with van der Waals surface area (Å²) in [5.41, 5.74) is 7.01. The predicted molar refractivity (Wildman–Crippen MR) is 71.9 cm³/mol. The zero-order valence-electron chi connectivity index (χ0n) is 10.0. The Kier molecular flexibility index (Phi) is 5.08. The van der Waals surface area contributed by atoms with E-state index in [0.717, 1.165) is 18.4 Å². The van der Waals surface area contributed by atoms with Gasteiger partial charge in [0.05, 0.1) is 9.40 Å². The molecule has 0 spiro atoms. The van der Waals surface area contributed by atoms with E-state index in [2.05, 4.69) is 22.9 Å². The minimum absolute atomic E-state index is 0.111. The summed E-state index contributed by atoms with van der Waals surface area (Å²) in [5.74, 6) is 0.304. The number of nitro groups is 1. The highest BCUT2D eigenvalue weighted by Crippen LogP contribution is 2.30. The molecule has 17 heavy (non-hydrogen) atoms. The zero-order valence-corrected chi connectivity index (χ0v) is 11.6. The third kappa shape index (κ3) is 3.51. The van der Waals surface area contributed by atoms with Gasteiger partial charge in [0, 0.05) is 12.1 Å². The lowest BCUT2D eigenvalue weighted by atomic mass is 9.93.